The maximum atomic E-state index is 12.4. The van der Waals surface area contributed by atoms with Crippen molar-refractivity contribution in [2.45, 2.75) is 13.0 Å². The fourth-order valence-electron chi connectivity index (χ4n) is 2.68. The van der Waals surface area contributed by atoms with E-state index in [0.717, 1.165) is 17.0 Å². The first-order valence-corrected chi connectivity index (χ1v) is 8.93. The average molecular weight is 390 g/mol. The van der Waals surface area contributed by atoms with Gasteiger partial charge in [-0.2, -0.15) is 5.10 Å². The largest absolute Gasteiger partial charge is 0.497 e. The molecule has 1 atom stereocenters. The van der Waals surface area contributed by atoms with E-state index in [2.05, 4.69) is 15.3 Å². The zero-order valence-corrected chi connectivity index (χ0v) is 15.9. The Morgan fingerprint density at radius 2 is 1.83 bits per heavy atom. The highest BCUT2D eigenvalue weighted by Gasteiger charge is 2.21. The molecule has 8 nitrogen and oxygen atoms in total. The number of benzene rings is 2. The van der Waals surface area contributed by atoms with Crippen LogP contribution in [-0.2, 0) is 4.74 Å². The topological polar surface area (TPSA) is 92.3 Å². The third-order valence-electron chi connectivity index (χ3n) is 4.25. The van der Waals surface area contributed by atoms with Crippen LogP contribution >= 0.6 is 0 Å². The van der Waals surface area contributed by atoms with Gasteiger partial charge in [0.2, 0.25) is 5.89 Å². The summed E-state index contributed by atoms with van der Waals surface area (Å²) in [5.74, 6) is 0.748. The second kappa shape index (κ2) is 7.97. The predicted octanol–water partition coefficient (Wildman–Crippen LogP) is 3.85. The summed E-state index contributed by atoms with van der Waals surface area (Å²) in [6.07, 6.45) is 2.36. The first-order chi connectivity index (χ1) is 14.1. The lowest BCUT2D eigenvalue weighted by Gasteiger charge is -2.08. The molecular formula is C21H18N4O4. The van der Waals surface area contributed by atoms with Gasteiger partial charge in [0.25, 0.3) is 5.89 Å². The number of ether oxygens (including phenoxy) is 2. The second-order valence-corrected chi connectivity index (χ2v) is 6.23. The van der Waals surface area contributed by atoms with Crippen LogP contribution in [0.15, 0.2) is 71.4 Å². The summed E-state index contributed by atoms with van der Waals surface area (Å²) in [6.45, 7) is 1.67. The summed E-state index contributed by atoms with van der Waals surface area (Å²) >= 11 is 0. The molecule has 0 radical (unpaired) electrons. The van der Waals surface area contributed by atoms with Gasteiger partial charge in [-0.3, -0.25) is 0 Å². The summed E-state index contributed by atoms with van der Waals surface area (Å²) in [7, 11) is 1.60. The monoisotopic (exact) mass is 390 g/mol. The number of carbonyl (C=O) groups is 1. The number of nitrogens with zero attached hydrogens (tertiary/aromatic N) is 4. The van der Waals surface area contributed by atoms with E-state index in [1.54, 1.807) is 37.0 Å². The Hall–Kier alpha value is -3.94. The predicted molar refractivity (Wildman–Crippen MR) is 104 cm³/mol. The van der Waals surface area contributed by atoms with E-state index in [4.69, 9.17) is 13.9 Å². The second-order valence-electron chi connectivity index (χ2n) is 6.23. The Bertz CT molecular complexity index is 1100. The molecule has 0 saturated heterocycles. The maximum absolute atomic E-state index is 12.4. The zero-order chi connectivity index (χ0) is 20.2. The van der Waals surface area contributed by atoms with Gasteiger partial charge in [0.15, 0.2) is 6.10 Å². The van der Waals surface area contributed by atoms with E-state index in [0.29, 0.717) is 11.5 Å². The minimum absolute atomic E-state index is 0.208. The fourth-order valence-corrected chi connectivity index (χ4v) is 2.68. The summed E-state index contributed by atoms with van der Waals surface area (Å²) in [5, 5.41) is 12.2. The van der Waals surface area contributed by atoms with Crippen molar-refractivity contribution in [2.24, 2.45) is 0 Å². The van der Waals surface area contributed by atoms with Crippen LogP contribution in [0.2, 0.25) is 0 Å². The molecule has 0 fully saturated rings. The normalized spacial score (nSPS) is 11.8. The fraction of sp³-hybridized carbons (Fsp3) is 0.143. The van der Waals surface area contributed by atoms with Crippen molar-refractivity contribution in [1.29, 1.82) is 0 Å². The van der Waals surface area contributed by atoms with Crippen molar-refractivity contribution in [1.82, 2.24) is 20.0 Å². The Labute approximate surface area is 166 Å². The first kappa shape index (κ1) is 18.4. The number of methoxy groups -OCH3 is 1. The quantitative estimate of drug-likeness (QED) is 0.462. The molecule has 0 amide bonds. The van der Waals surface area contributed by atoms with Crippen molar-refractivity contribution in [2.75, 3.05) is 7.11 Å². The number of aromatic nitrogens is 4. The third kappa shape index (κ3) is 4.01. The van der Waals surface area contributed by atoms with Crippen LogP contribution in [-0.4, -0.2) is 33.1 Å². The van der Waals surface area contributed by atoms with Crippen LogP contribution in [0.1, 0.15) is 29.3 Å². The molecule has 4 rings (SSSR count). The standard InChI is InChI=1S/C21H18N4O4/c1-14(19-23-24-20(29-19)15-8-10-18(27-2)11-9-15)28-21(26)16-12-22-25(13-16)17-6-4-3-5-7-17/h3-14H,1-2H3/t14-/m1/s1. The first-order valence-electron chi connectivity index (χ1n) is 8.93. The van der Waals surface area contributed by atoms with Gasteiger partial charge in [0, 0.05) is 11.8 Å². The number of para-hydroxylation sites is 1. The van der Waals surface area contributed by atoms with Crippen LogP contribution in [0, 0.1) is 0 Å². The molecule has 0 aliphatic carbocycles. The summed E-state index contributed by atoms with van der Waals surface area (Å²) in [6, 6.07) is 16.7. The minimum atomic E-state index is -0.706. The number of rotatable bonds is 6. The lowest BCUT2D eigenvalue weighted by atomic mass is 10.2. The van der Waals surface area contributed by atoms with Crippen molar-refractivity contribution in [3.05, 3.63) is 78.4 Å². The Balaban J connectivity index is 1.44. The number of carbonyl (C=O) groups excluding carboxylic acids is 1. The lowest BCUT2D eigenvalue weighted by molar-refractivity contribution is 0.0280. The Morgan fingerprint density at radius 3 is 2.55 bits per heavy atom. The highest BCUT2D eigenvalue weighted by atomic mass is 16.6. The Morgan fingerprint density at radius 1 is 1.07 bits per heavy atom. The molecule has 2 heterocycles. The molecule has 146 valence electrons. The summed E-state index contributed by atoms with van der Waals surface area (Å²) < 4.78 is 17.8. The van der Waals surface area contributed by atoms with Crippen LogP contribution in [0.3, 0.4) is 0 Å². The zero-order valence-electron chi connectivity index (χ0n) is 15.9. The minimum Gasteiger partial charge on any atom is -0.497 e. The van der Waals surface area contributed by atoms with Crippen molar-refractivity contribution in [3.63, 3.8) is 0 Å². The van der Waals surface area contributed by atoms with Crippen LogP contribution in [0.5, 0.6) is 5.75 Å². The van der Waals surface area contributed by atoms with Gasteiger partial charge in [-0.05, 0) is 43.3 Å². The van der Waals surface area contributed by atoms with E-state index in [9.17, 15) is 4.79 Å². The smallest absolute Gasteiger partial charge is 0.342 e. The van der Waals surface area contributed by atoms with Crippen LogP contribution < -0.4 is 4.74 Å². The molecule has 4 aromatic rings. The van der Waals surface area contributed by atoms with E-state index < -0.39 is 12.1 Å². The van der Waals surface area contributed by atoms with Crippen molar-refractivity contribution in [3.8, 4) is 22.9 Å². The number of hydrogen-bond acceptors (Lipinski definition) is 7. The molecule has 0 N–H and O–H groups in total. The maximum Gasteiger partial charge on any atom is 0.342 e. The molecule has 8 heteroatoms. The number of esters is 1. The molecule has 0 spiro atoms. The SMILES string of the molecule is COc1ccc(-c2nnc([C@@H](C)OC(=O)c3cnn(-c4ccccc4)c3)o2)cc1. The molecule has 0 bridgehead atoms. The van der Waals surface area contributed by atoms with E-state index >= 15 is 0 Å². The summed E-state index contributed by atoms with van der Waals surface area (Å²) in [5.41, 5.74) is 1.92. The molecule has 2 aromatic carbocycles. The van der Waals surface area contributed by atoms with Crippen LogP contribution in [0.4, 0.5) is 0 Å². The Kier molecular flexibility index (Phi) is 5.07. The molecule has 0 saturated carbocycles. The number of hydrogen-bond donors (Lipinski definition) is 0. The molecular weight excluding hydrogens is 372 g/mol. The molecule has 0 aliphatic rings. The summed E-state index contributed by atoms with van der Waals surface area (Å²) in [4.78, 5) is 12.4. The highest BCUT2D eigenvalue weighted by Crippen LogP contribution is 2.24. The van der Waals surface area contributed by atoms with E-state index in [1.165, 1.54) is 6.20 Å². The highest BCUT2D eigenvalue weighted by molar-refractivity contribution is 5.89. The van der Waals surface area contributed by atoms with E-state index in [-0.39, 0.29) is 5.89 Å². The molecule has 29 heavy (non-hydrogen) atoms. The van der Waals surface area contributed by atoms with Crippen molar-refractivity contribution < 1.29 is 18.7 Å². The van der Waals surface area contributed by atoms with Gasteiger partial charge in [-0.25, -0.2) is 9.48 Å². The molecule has 0 aliphatic heterocycles. The van der Waals surface area contributed by atoms with Gasteiger partial charge in [-0.1, -0.05) is 18.2 Å². The van der Waals surface area contributed by atoms with Gasteiger partial charge in [0.1, 0.15) is 5.75 Å². The average Bonchev–Trinajstić information content (AvgIpc) is 3.45. The van der Waals surface area contributed by atoms with Gasteiger partial charge in [0.05, 0.1) is 24.6 Å². The van der Waals surface area contributed by atoms with Crippen molar-refractivity contribution >= 4 is 5.97 Å². The lowest BCUT2D eigenvalue weighted by Crippen LogP contribution is -2.09. The van der Waals surface area contributed by atoms with E-state index in [1.807, 2.05) is 42.5 Å². The van der Waals surface area contributed by atoms with Crippen LogP contribution in [0.25, 0.3) is 17.1 Å². The van der Waals surface area contributed by atoms with Gasteiger partial charge < -0.3 is 13.9 Å². The van der Waals surface area contributed by atoms with Gasteiger partial charge in [-0.15, -0.1) is 10.2 Å². The molecule has 0 unspecified atom stereocenters. The molecule has 2 aromatic heterocycles. The van der Waals surface area contributed by atoms with Gasteiger partial charge >= 0.3 is 5.97 Å². The third-order valence-corrected chi connectivity index (χ3v) is 4.25.